The van der Waals surface area contributed by atoms with Gasteiger partial charge in [-0.3, -0.25) is 4.90 Å². The van der Waals surface area contributed by atoms with Gasteiger partial charge in [0.25, 0.3) is 0 Å². The molecule has 0 unspecified atom stereocenters. The number of halogens is 2. The molecule has 0 aromatic heterocycles. The molecule has 1 aliphatic heterocycles. The summed E-state index contributed by atoms with van der Waals surface area (Å²) in [7, 11) is 0. The summed E-state index contributed by atoms with van der Waals surface area (Å²) in [4.78, 5) is 2.56. The Hall–Kier alpha value is -0.280. The monoisotopic (exact) mass is 314 g/mol. The molecular weight excluding hydrogens is 291 g/mol. The highest BCUT2D eigenvalue weighted by atomic mass is 35.5. The van der Waals surface area contributed by atoms with E-state index in [9.17, 15) is 0 Å². The fourth-order valence-corrected chi connectivity index (χ4v) is 3.30. The Morgan fingerprint density at radius 1 is 1.10 bits per heavy atom. The smallest absolute Gasteiger partial charge is 0.0424 e. The molecule has 1 aromatic rings. The molecule has 2 nitrogen and oxygen atoms in total. The van der Waals surface area contributed by atoms with Crippen molar-refractivity contribution in [3.63, 3.8) is 0 Å². The molecule has 0 saturated carbocycles. The highest BCUT2D eigenvalue weighted by Gasteiger charge is 2.26. The summed E-state index contributed by atoms with van der Waals surface area (Å²) in [6.07, 6.45) is 2.40. The van der Waals surface area contributed by atoms with Gasteiger partial charge in [-0.05, 0) is 57.4 Å². The van der Waals surface area contributed by atoms with Gasteiger partial charge in [0, 0.05) is 41.3 Å². The van der Waals surface area contributed by atoms with E-state index in [1.165, 1.54) is 12.8 Å². The second kappa shape index (κ2) is 6.65. The molecule has 0 radical (unpaired) electrons. The third-order valence-corrected chi connectivity index (χ3v) is 4.40. The molecule has 112 valence electrons. The molecule has 4 heteroatoms. The predicted molar refractivity (Wildman–Crippen MR) is 87.6 cm³/mol. The summed E-state index contributed by atoms with van der Waals surface area (Å²) in [5.74, 6) is 0. The van der Waals surface area contributed by atoms with Crippen LogP contribution in [0.2, 0.25) is 10.0 Å². The number of nitrogens with zero attached hydrogens (tertiary/aromatic N) is 1. The van der Waals surface area contributed by atoms with Crippen molar-refractivity contribution in [1.29, 1.82) is 0 Å². The van der Waals surface area contributed by atoms with Crippen molar-refractivity contribution in [3.8, 4) is 0 Å². The van der Waals surface area contributed by atoms with Crippen molar-refractivity contribution in [2.24, 2.45) is 0 Å². The summed E-state index contributed by atoms with van der Waals surface area (Å²) in [5.41, 5.74) is 1.44. The minimum absolute atomic E-state index is 0.283. The third-order valence-electron chi connectivity index (χ3n) is 3.96. The first-order valence-corrected chi connectivity index (χ1v) is 8.03. The Morgan fingerprint density at radius 2 is 1.65 bits per heavy atom. The van der Waals surface area contributed by atoms with Gasteiger partial charge in [0.1, 0.15) is 0 Å². The fourth-order valence-electron chi connectivity index (χ4n) is 2.73. The van der Waals surface area contributed by atoms with Gasteiger partial charge in [0.2, 0.25) is 0 Å². The van der Waals surface area contributed by atoms with Crippen LogP contribution in [0, 0.1) is 0 Å². The molecule has 20 heavy (non-hydrogen) atoms. The minimum Gasteiger partial charge on any atom is -0.310 e. The zero-order chi connectivity index (χ0) is 14.8. The second-order valence-electron chi connectivity index (χ2n) is 6.59. The van der Waals surface area contributed by atoms with E-state index in [1.54, 1.807) is 6.07 Å². The molecule has 2 rings (SSSR count). The average Bonchev–Trinajstić information content (AvgIpc) is 2.35. The topological polar surface area (TPSA) is 15.3 Å². The third kappa shape index (κ3) is 4.63. The van der Waals surface area contributed by atoms with E-state index in [0.29, 0.717) is 16.1 Å². The van der Waals surface area contributed by atoms with Crippen LogP contribution in [-0.4, -0.2) is 29.6 Å². The maximum atomic E-state index is 6.02. The van der Waals surface area contributed by atoms with Gasteiger partial charge < -0.3 is 5.32 Å². The number of hydrogen-bond donors (Lipinski definition) is 1. The lowest BCUT2D eigenvalue weighted by Gasteiger charge is -2.41. The molecule has 1 aromatic carbocycles. The van der Waals surface area contributed by atoms with Crippen LogP contribution >= 0.6 is 23.2 Å². The number of benzene rings is 1. The van der Waals surface area contributed by atoms with Gasteiger partial charge >= 0.3 is 0 Å². The molecule has 0 spiro atoms. The molecule has 0 amide bonds. The molecule has 1 aliphatic rings. The van der Waals surface area contributed by atoms with E-state index in [0.717, 1.165) is 25.2 Å². The van der Waals surface area contributed by atoms with Crippen LogP contribution in [0.25, 0.3) is 0 Å². The molecule has 1 saturated heterocycles. The first-order chi connectivity index (χ1) is 9.34. The maximum Gasteiger partial charge on any atom is 0.0424 e. The van der Waals surface area contributed by atoms with Gasteiger partial charge in [-0.15, -0.1) is 0 Å². The van der Waals surface area contributed by atoms with Gasteiger partial charge in [0.05, 0.1) is 0 Å². The number of rotatable bonds is 3. The van der Waals surface area contributed by atoms with Gasteiger partial charge in [-0.25, -0.2) is 0 Å². The molecule has 0 bridgehead atoms. The Bertz CT molecular complexity index is 426. The Labute approximate surface area is 132 Å². The lowest BCUT2D eigenvalue weighted by Crippen LogP contribution is -2.49. The maximum absolute atomic E-state index is 6.02. The summed E-state index contributed by atoms with van der Waals surface area (Å²) < 4.78 is 0. The Kier molecular flexibility index (Phi) is 5.36. The average molecular weight is 315 g/mol. The normalized spacial score (nSPS) is 18.4. The van der Waals surface area contributed by atoms with Crippen molar-refractivity contribution < 1.29 is 0 Å². The molecule has 0 aliphatic carbocycles. The summed E-state index contributed by atoms with van der Waals surface area (Å²) >= 11 is 12.0. The number of hydrogen-bond acceptors (Lipinski definition) is 2. The van der Waals surface area contributed by atoms with Gasteiger partial charge in [0.15, 0.2) is 0 Å². The number of likely N-dealkylation sites (tertiary alicyclic amines) is 1. The van der Waals surface area contributed by atoms with Gasteiger partial charge in [-0.1, -0.05) is 23.2 Å². The zero-order valence-electron chi connectivity index (χ0n) is 12.5. The molecule has 0 atom stereocenters. The van der Waals surface area contributed by atoms with Crippen molar-refractivity contribution in [3.05, 3.63) is 33.8 Å². The molecule has 1 N–H and O–H groups in total. The van der Waals surface area contributed by atoms with Crippen LogP contribution in [0.5, 0.6) is 0 Å². The number of nitrogens with one attached hydrogen (secondary N) is 1. The van der Waals surface area contributed by atoms with Crippen molar-refractivity contribution in [2.75, 3.05) is 13.1 Å². The van der Waals surface area contributed by atoms with E-state index in [2.05, 4.69) is 31.0 Å². The Balaban J connectivity index is 1.81. The second-order valence-corrected chi connectivity index (χ2v) is 7.46. The van der Waals surface area contributed by atoms with E-state index in [4.69, 9.17) is 23.2 Å². The van der Waals surface area contributed by atoms with Crippen LogP contribution in [0.1, 0.15) is 39.2 Å². The van der Waals surface area contributed by atoms with Crippen LogP contribution in [0.15, 0.2) is 18.2 Å². The summed E-state index contributed by atoms with van der Waals surface area (Å²) in [6.45, 7) is 10.0. The van der Waals surface area contributed by atoms with E-state index < -0.39 is 0 Å². The van der Waals surface area contributed by atoms with Gasteiger partial charge in [-0.2, -0.15) is 0 Å². The zero-order valence-corrected chi connectivity index (χ0v) is 14.1. The van der Waals surface area contributed by atoms with Crippen LogP contribution in [0.4, 0.5) is 0 Å². The van der Waals surface area contributed by atoms with E-state index in [-0.39, 0.29) is 5.54 Å². The Morgan fingerprint density at radius 3 is 2.15 bits per heavy atom. The van der Waals surface area contributed by atoms with Crippen molar-refractivity contribution >= 4 is 23.2 Å². The van der Waals surface area contributed by atoms with Crippen LogP contribution in [0.3, 0.4) is 0 Å². The quantitative estimate of drug-likeness (QED) is 0.892. The molecule has 1 fully saturated rings. The number of piperidine rings is 1. The van der Waals surface area contributed by atoms with Crippen molar-refractivity contribution in [2.45, 2.75) is 51.7 Å². The minimum atomic E-state index is 0.283. The highest BCUT2D eigenvalue weighted by Crippen LogP contribution is 2.22. The van der Waals surface area contributed by atoms with Crippen LogP contribution < -0.4 is 5.32 Å². The lowest BCUT2D eigenvalue weighted by molar-refractivity contribution is 0.0960. The van der Waals surface area contributed by atoms with E-state index in [1.807, 2.05) is 12.1 Å². The fraction of sp³-hybridized carbons (Fsp3) is 0.625. The van der Waals surface area contributed by atoms with Crippen molar-refractivity contribution in [1.82, 2.24) is 10.2 Å². The van der Waals surface area contributed by atoms with E-state index >= 15 is 0 Å². The standard InChI is InChI=1S/C16H24Cl2N2/c1-16(2,3)20-6-4-15(5-7-20)19-11-12-8-13(17)10-14(18)9-12/h8-10,15,19H,4-7,11H2,1-3H3. The summed E-state index contributed by atoms with van der Waals surface area (Å²) in [5, 5.41) is 5.03. The SMILES string of the molecule is CC(C)(C)N1CCC(NCc2cc(Cl)cc(Cl)c2)CC1. The predicted octanol–water partition coefficient (Wildman–Crippen LogP) is 4.35. The highest BCUT2D eigenvalue weighted by molar-refractivity contribution is 6.34. The summed E-state index contributed by atoms with van der Waals surface area (Å²) in [6, 6.07) is 6.32. The first-order valence-electron chi connectivity index (χ1n) is 7.28. The largest absolute Gasteiger partial charge is 0.310 e. The first kappa shape index (κ1) is 16.1. The molecule has 1 heterocycles. The molecular formula is C16H24Cl2N2. The van der Waals surface area contributed by atoms with Crippen LogP contribution in [-0.2, 0) is 6.54 Å². The lowest BCUT2D eigenvalue weighted by atomic mass is 9.98.